The Labute approximate surface area is 102 Å². The van der Waals surface area contributed by atoms with E-state index in [0.29, 0.717) is 5.69 Å². The van der Waals surface area contributed by atoms with Gasteiger partial charge in [0.15, 0.2) is 0 Å². The van der Waals surface area contributed by atoms with Crippen LogP contribution in [-0.2, 0) is 4.79 Å². The van der Waals surface area contributed by atoms with Crippen LogP contribution in [0.4, 0.5) is 17.1 Å². The van der Waals surface area contributed by atoms with Crippen LogP contribution in [0.1, 0.15) is 27.7 Å². The second-order valence-corrected chi connectivity index (χ2v) is 5.30. The van der Waals surface area contributed by atoms with Gasteiger partial charge in [-0.2, -0.15) is 0 Å². The number of fused-ring (bicyclic) bond motifs is 1. The lowest BCUT2D eigenvalue weighted by Crippen LogP contribution is -2.56. The second-order valence-electron chi connectivity index (χ2n) is 5.30. The molecule has 0 spiro atoms. The summed E-state index contributed by atoms with van der Waals surface area (Å²) in [5.41, 5.74) is 7.71. The van der Waals surface area contributed by atoms with Crippen LogP contribution in [0, 0.1) is 0 Å². The number of nitrogens with one attached hydrogen (secondary N) is 1. The molecule has 0 saturated heterocycles. The predicted octanol–water partition coefficient (Wildman–Crippen LogP) is 2.21. The summed E-state index contributed by atoms with van der Waals surface area (Å²) in [5.74, 6) is 0.0746. The van der Waals surface area contributed by atoms with Gasteiger partial charge in [0.1, 0.15) is 5.54 Å². The van der Waals surface area contributed by atoms with Gasteiger partial charge in [-0.15, -0.1) is 0 Å². The molecule has 0 atom stereocenters. The zero-order chi connectivity index (χ0) is 12.8. The minimum atomic E-state index is -0.576. The van der Waals surface area contributed by atoms with E-state index in [4.69, 9.17) is 5.73 Å². The highest BCUT2D eigenvalue weighted by Gasteiger charge is 2.39. The summed E-state index contributed by atoms with van der Waals surface area (Å²) in [7, 11) is 0. The largest absolute Gasteiger partial charge is 0.399 e. The third kappa shape index (κ3) is 1.84. The molecule has 92 valence electrons. The molecule has 0 fully saturated rings. The van der Waals surface area contributed by atoms with Gasteiger partial charge in [0.25, 0.3) is 5.91 Å². The van der Waals surface area contributed by atoms with Gasteiger partial charge in [-0.3, -0.25) is 4.79 Å². The van der Waals surface area contributed by atoms with E-state index in [1.165, 1.54) is 0 Å². The molecule has 1 aliphatic rings. The minimum absolute atomic E-state index is 0.0746. The summed E-state index contributed by atoms with van der Waals surface area (Å²) in [5, 5.41) is 3.25. The molecule has 0 saturated carbocycles. The number of nitrogens with two attached hydrogens (primary N) is 1. The first-order valence-corrected chi connectivity index (χ1v) is 5.84. The maximum absolute atomic E-state index is 12.4. The maximum atomic E-state index is 12.4. The number of nitrogen functional groups attached to an aromatic ring is 1. The molecule has 4 heteroatoms. The van der Waals surface area contributed by atoms with Gasteiger partial charge in [0.2, 0.25) is 0 Å². The van der Waals surface area contributed by atoms with Crippen molar-refractivity contribution < 1.29 is 4.79 Å². The molecule has 0 bridgehead atoms. The number of carbonyl (C=O) groups is 1. The molecular weight excluding hydrogens is 214 g/mol. The Morgan fingerprint density at radius 2 is 2.00 bits per heavy atom. The smallest absolute Gasteiger partial charge is 0.252 e. The average Bonchev–Trinajstić information content (AvgIpc) is 2.20. The molecule has 1 amide bonds. The van der Waals surface area contributed by atoms with Crippen molar-refractivity contribution in [2.75, 3.05) is 16.0 Å². The van der Waals surface area contributed by atoms with Crippen molar-refractivity contribution in [2.24, 2.45) is 0 Å². The maximum Gasteiger partial charge on any atom is 0.252 e. The minimum Gasteiger partial charge on any atom is -0.399 e. The van der Waals surface area contributed by atoms with Gasteiger partial charge in [-0.1, -0.05) is 0 Å². The van der Waals surface area contributed by atoms with Crippen LogP contribution >= 0.6 is 0 Å². The third-order valence-corrected chi connectivity index (χ3v) is 3.00. The number of hydrogen-bond donors (Lipinski definition) is 2. The highest BCUT2D eigenvalue weighted by molar-refractivity contribution is 6.08. The number of benzene rings is 1. The standard InChI is InChI=1S/C13H19N3O/c1-8(2)16-11-7-9(14)5-6-10(11)15-13(3,4)12(16)17/h5-8,15H,14H2,1-4H3. The van der Waals surface area contributed by atoms with E-state index in [1.54, 1.807) is 0 Å². The van der Waals surface area contributed by atoms with E-state index in [2.05, 4.69) is 5.32 Å². The summed E-state index contributed by atoms with van der Waals surface area (Å²) in [6.07, 6.45) is 0. The van der Waals surface area contributed by atoms with Gasteiger partial charge in [-0.05, 0) is 45.9 Å². The van der Waals surface area contributed by atoms with Crippen LogP contribution in [0.25, 0.3) is 0 Å². The average molecular weight is 233 g/mol. The van der Waals surface area contributed by atoms with Crippen molar-refractivity contribution >= 4 is 23.0 Å². The second kappa shape index (κ2) is 3.65. The van der Waals surface area contributed by atoms with Gasteiger partial charge < -0.3 is 16.0 Å². The molecule has 2 rings (SSSR count). The first kappa shape index (κ1) is 11.8. The fourth-order valence-corrected chi connectivity index (χ4v) is 2.17. The van der Waals surface area contributed by atoms with Crippen LogP contribution in [0.15, 0.2) is 18.2 Å². The monoisotopic (exact) mass is 233 g/mol. The van der Waals surface area contributed by atoms with Crippen molar-refractivity contribution in [1.82, 2.24) is 0 Å². The SMILES string of the molecule is CC(C)N1C(=O)C(C)(C)Nc2ccc(N)cc21. The number of amides is 1. The highest BCUT2D eigenvalue weighted by atomic mass is 16.2. The van der Waals surface area contributed by atoms with Crippen molar-refractivity contribution in [2.45, 2.75) is 39.3 Å². The van der Waals surface area contributed by atoms with Gasteiger partial charge in [0.05, 0.1) is 11.4 Å². The van der Waals surface area contributed by atoms with Crippen molar-refractivity contribution in [1.29, 1.82) is 0 Å². The Morgan fingerprint density at radius 1 is 1.35 bits per heavy atom. The molecule has 1 aromatic rings. The van der Waals surface area contributed by atoms with Crippen molar-refractivity contribution in [3.8, 4) is 0 Å². The number of nitrogens with zero attached hydrogens (tertiary/aromatic N) is 1. The topological polar surface area (TPSA) is 58.4 Å². The summed E-state index contributed by atoms with van der Waals surface area (Å²) >= 11 is 0. The van der Waals surface area contributed by atoms with Gasteiger partial charge >= 0.3 is 0 Å². The first-order valence-electron chi connectivity index (χ1n) is 5.84. The molecular formula is C13H19N3O. The van der Waals surface area contributed by atoms with Crippen molar-refractivity contribution in [3.63, 3.8) is 0 Å². The van der Waals surface area contributed by atoms with E-state index in [-0.39, 0.29) is 11.9 Å². The Balaban J connectivity index is 2.59. The Bertz CT molecular complexity index is 466. The lowest BCUT2D eigenvalue weighted by molar-refractivity contribution is -0.122. The van der Waals surface area contributed by atoms with Gasteiger partial charge in [-0.25, -0.2) is 0 Å². The normalized spacial score (nSPS) is 17.9. The zero-order valence-electron chi connectivity index (χ0n) is 10.7. The van der Waals surface area contributed by atoms with Crippen LogP contribution in [0.2, 0.25) is 0 Å². The zero-order valence-corrected chi connectivity index (χ0v) is 10.7. The van der Waals surface area contributed by atoms with E-state index in [0.717, 1.165) is 11.4 Å². The molecule has 0 aromatic heterocycles. The van der Waals surface area contributed by atoms with E-state index >= 15 is 0 Å². The fourth-order valence-electron chi connectivity index (χ4n) is 2.17. The molecule has 1 aliphatic heterocycles. The van der Waals surface area contributed by atoms with Crippen LogP contribution in [0.5, 0.6) is 0 Å². The number of hydrogen-bond acceptors (Lipinski definition) is 3. The summed E-state index contributed by atoms with van der Waals surface area (Å²) in [6, 6.07) is 5.73. The molecule has 0 aliphatic carbocycles. The lowest BCUT2D eigenvalue weighted by atomic mass is 9.96. The quantitative estimate of drug-likeness (QED) is 0.731. The van der Waals surface area contributed by atoms with Gasteiger partial charge in [0, 0.05) is 11.7 Å². The van der Waals surface area contributed by atoms with Crippen LogP contribution < -0.4 is 16.0 Å². The Kier molecular flexibility index (Phi) is 2.53. The fraction of sp³-hybridized carbons (Fsp3) is 0.462. The molecule has 3 N–H and O–H groups in total. The van der Waals surface area contributed by atoms with Crippen LogP contribution in [-0.4, -0.2) is 17.5 Å². The number of rotatable bonds is 1. The Hall–Kier alpha value is -1.71. The molecule has 1 aromatic carbocycles. The molecule has 17 heavy (non-hydrogen) atoms. The van der Waals surface area contributed by atoms with E-state index in [1.807, 2.05) is 50.8 Å². The van der Waals surface area contributed by atoms with Crippen molar-refractivity contribution in [3.05, 3.63) is 18.2 Å². The highest BCUT2D eigenvalue weighted by Crippen LogP contribution is 2.37. The summed E-state index contributed by atoms with van der Waals surface area (Å²) < 4.78 is 0. The number of anilines is 3. The molecule has 1 heterocycles. The molecule has 4 nitrogen and oxygen atoms in total. The van der Waals surface area contributed by atoms with E-state index in [9.17, 15) is 4.79 Å². The molecule has 0 radical (unpaired) electrons. The predicted molar refractivity (Wildman–Crippen MR) is 71.2 cm³/mol. The third-order valence-electron chi connectivity index (χ3n) is 3.00. The number of carbonyl (C=O) groups excluding carboxylic acids is 1. The molecule has 0 unspecified atom stereocenters. The lowest BCUT2D eigenvalue weighted by Gasteiger charge is -2.42. The Morgan fingerprint density at radius 3 is 2.59 bits per heavy atom. The van der Waals surface area contributed by atoms with E-state index < -0.39 is 5.54 Å². The summed E-state index contributed by atoms with van der Waals surface area (Å²) in [6.45, 7) is 7.80. The summed E-state index contributed by atoms with van der Waals surface area (Å²) in [4.78, 5) is 14.2. The first-order chi connectivity index (χ1) is 7.83. The van der Waals surface area contributed by atoms with Crippen LogP contribution in [0.3, 0.4) is 0 Å².